The summed E-state index contributed by atoms with van der Waals surface area (Å²) in [6, 6.07) is 0.890. The van der Waals surface area contributed by atoms with Crippen LogP contribution in [0.15, 0.2) is 23.4 Å². The van der Waals surface area contributed by atoms with Gasteiger partial charge in [-0.25, -0.2) is 12.8 Å². The predicted molar refractivity (Wildman–Crippen MR) is 70.1 cm³/mol. The lowest BCUT2D eigenvalue weighted by molar-refractivity contribution is -0.0586. The van der Waals surface area contributed by atoms with E-state index in [-0.39, 0.29) is 17.0 Å². The van der Waals surface area contributed by atoms with Crippen molar-refractivity contribution in [2.24, 2.45) is 0 Å². The van der Waals surface area contributed by atoms with E-state index in [1.54, 1.807) is 0 Å². The smallest absolute Gasteiger partial charge is 0.245 e. The molecule has 0 spiro atoms. The van der Waals surface area contributed by atoms with Gasteiger partial charge in [0.1, 0.15) is 10.7 Å². The van der Waals surface area contributed by atoms with Crippen LogP contribution >= 0.6 is 0 Å². The summed E-state index contributed by atoms with van der Waals surface area (Å²) in [7, 11) is -3.70. The molecule has 0 N–H and O–H groups in total. The average molecular weight is 300 g/mol. The fourth-order valence-electron chi connectivity index (χ4n) is 3.03. The van der Waals surface area contributed by atoms with Crippen molar-refractivity contribution in [1.29, 1.82) is 0 Å². The maximum atomic E-state index is 13.2. The fourth-order valence-corrected chi connectivity index (χ4v) is 4.67. The summed E-state index contributed by atoms with van der Waals surface area (Å²) in [6.07, 6.45) is 5.92. The maximum Gasteiger partial charge on any atom is 0.245 e. The van der Waals surface area contributed by atoms with Gasteiger partial charge >= 0.3 is 0 Å². The topological polar surface area (TPSA) is 59.5 Å². The zero-order valence-corrected chi connectivity index (χ0v) is 11.9. The summed E-state index contributed by atoms with van der Waals surface area (Å²) in [5.41, 5.74) is 0. The van der Waals surface area contributed by atoms with Crippen molar-refractivity contribution in [2.45, 2.75) is 42.7 Å². The third-order valence-electron chi connectivity index (χ3n) is 3.97. The molecule has 20 heavy (non-hydrogen) atoms. The van der Waals surface area contributed by atoms with E-state index < -0.39 is 15.8 Å². The van der Waals surface area contributed by atoms with E-state index in [1.165, 1.54) is 10.5 Å². The number of hydrogen-bond donors (Lipinski definition) is 0. The molecule has 1 aromatic heterocycles. The number of rotatable bonds is 2. The van der Waals surface area contributed by atoms with Crippen LogP contribution in [-0.2, 0) is 14.8 Å². The van der Waals surface area contributed by atoms with Gasteiger partial charge in [0.15, 0.2) is 0 Å². The molecule has 7 heteroatoms. The lowest BCUT2D eigenvalue weighted by atomic mass is 9.91. The number of sulfonamides is 1. The molecule has 5 nitrogen and oxygen atoms in total. The number of aromatic nitrogens is 1. The fraction of sp³-hybridized carbons (Fsp3) is 0.615. The molecule has 2 heterocycles. The van der Waals surface area contributed by atoms with Crippen LogP contribution < -0.4 is 0 Å². The number of pyridine rings is 1. The highest BCUT2D eigenvalue weighted by molar-refractivity contribution is 7.89. The summed E-state index contributed by atoms with van der Waals surface area (Å²) in [4.78, 5) is 3.56. The molecular formula is C13H17FN2O3S. The number of halogens is 1. The molecule has 1 saturated heterocycles. The number of morpholine rings is 1. The lowest BCUT2D eigenvalue weighted by Crippen LogP contribution is -2.54. The van der Waals surface area contributed by atoms with Gasteiger partial charge in [0.2, 0.25) is 10.0 Å². The van der Waals surface area contributed by atoms with E-state index in [0.29, 0.717) is 13.2 Å². The number of nitrogens with zero attached hydrogens (tertiary/aromatic N) is 2. The van der Waals surface area contributed by atoms with E-state index in [4.69, 9.17) is 4.74 Å². The van der Waals surface area contributed by atoms with Gasteiger partial charge in [-0.15, -0.1) is 0 Å². The zero-order chi connectivity index (χ0) is 14.2. The van der Waals surface area contributed by atoms with Crippen LogP contribution in [0.25, 0.3) is 0 Å². The Morgan fingerprint density at radius 3 is 2.90 bits per heavy atom. The van der Waals surface area contributed by atoms with E-state index in [9.17, 15) is 12.8 Å². The third kappa shape index (κ3) is 2.45. The molecule has 2 atom stereocenters. The highest BCUT2D eigenvalue weighted by atomic mass is 32.2. The summed E-state index contributed by atoms with van der Waals surface area (Å²) in [5.74, 6) is -0.639. The monoisotopic (exact) mass is 300 g/mol. The first-order valence-electron chi connectivity index (χ1n) is 6.83. The second-order valence-electron chi connectivity index (χ2n) is 5.22. The van der Waals surface area contributed by atoms with Crippen LogP contribution in [0.5, 0.6) is 0 Å². The van der Waals surface area contributed by atoms with Gasteiger partial charge in [0.25, 0.3) is 0 Å². The Bertz CT molecular complexity index is 591. The van der Waals surface area contributed by atoms with Crippen molar-refractivity contribution >= 4 is 10.0 Å². The van der Waals surface area contributed by atoms with Gasteiger partial charge in [0.05, 0.1) is 24.9 Å². The highest BCUT2D eigenvalue weighted by Crippen LogP contribution is 2.32. The van der Waals surface area contributed by atoms with Crippen LogP contribution in [-0.4, -0.2) is 43.0 Å². The minimum absolute atomic E-state index is 0.0335. The molecule has 1 aliphatic heterocycles. The molecule has 1 aromatic rings. The molecule has 0 radical (unpaired) electrons. The van der Waals surface area contributed by atoms with Crippen molar-refractivity contribution in [3.05, 3.63) is 24.3 Å². The quantitative estimate of drug-likeness (QED) is 0.831. The van der Waals surface area contributed by atoms with Crippen molar-refractivity contribution in [1.82, 2.24) is 9.29 Å². The van der Waals surface area contributed by atoms with Crippen molar-refractivity contribution in [3.8, 4) is 0 Å². The van der Waals surface area contributed by atoms with E-state index in [1.807, 2.05) is 0 Å². The molecule has 1 saturated carbocycles. The van der Waals surface area contributed by atoms with E-state index >= 15 is 0 Å². The van der Waals surface area contributed by atoms with E-state index in [0.717, 1.165) is 37.9 Å². The van der Waals surface area contributed by atoms with Gasteiger partial charge in [-0.3, -0.25) is 4.98 Å². The second-order valence-corrected chi connectivity index (χ2v) is 7.11. The van der Waals surface area contributed by atoms with Crippen LogP contribution in [0.3, 0.4) is 0 Å². The Morgan fingerprint density at radius 1 is 1.30 bits per heavy atom. The Hall–Kier alpha value is -1.05. The first kappa shape index (κ1) is 13.9. The molecular weight excluding hydrogens is 283 g/mol. The third-order valence-corrected chi connectivity index (χ3v) is 5.86. The van der Waals surface area contributed by atoms with Crippen LogP contribution in [0.4, 0.5) is 4.39 Å². The molecule has 2 unspecified atom stereocenters. The Balaban J connectivity index is 1.93. The minimum atomic E-state index is -3.70. The predicted octanol–water partition coefficient (Wildman–Crippen LogP) is 1.55. The molecule has 3 rings (SSSR count). The summed E-state index contributed by atoms with van der Waals surface area (Å²) in [5, 5.41) is 0. The Labute approximate surface area is 117 Å². The molecule has 2 aliphatic rings. The largest absolute Gasteiger partial charge is 0.375 e. The lowest BCUT2D eigenvalue weighted by Gasteiger charge is -2.42. The standard InChI is InChI=1S/C13H17FN2O3S/c14-10-7-11(9-15-8-10)20(17,18)16-5-6-19-13-4-2-1-3-12(13)16/h7-9,12-13H,1-6H2. The number of ether oxygens (including phenoxy) is 1. The molecule has 110 valence electrons. The minimum Gasteiger partial charge on any atom is -0.375 e. The molecule has 0 amide bonds. The second kappa shape index (κ2) is 5.38. The van der Waals surface area contributed by atoms with Gasteiger partial charge in [0, 0.05) is 12.7 Å². The first-order chi connectivity index (χ1) is 9.59. The number of hydrogen-bond acceptors (Lipinski definition) is 4. The summed E-state index contributed by atoms with van der Waals surface area (Å²) >= 11 is 0. The molecule has 0 aromatic carbocycles. The average Bonchev–Trinajstić information content (AvgIpc) is 2.46. The zero-order valence-electron chi connectivity index (χ0n) is 11.0. The molecule has 0 bridgehead atoms. The van der Waals surface area contributed by atoms with Crippen molar-refractivity contribution in [2.75, 3.05) is 13.2 Å². The van der Waals surface area contributed by atoms with Crippen molar-refractivity contribution in [3.63, 3.8) is 0 Å². The highest BCUT2D eigenvalue weighted by Gasteiger charge is 2.40. The van der Waals surface area contributed by atoms with Crippen molar-refractivity contribution < 1.29 is 17.5 Å². The SMILES string of the molecule is O=S(=O)(c1cncc(F)c1)N1CCOC2CCCCC21. The summed E-state index contributed by atoms with van der Waals surface area (Å²) in [6.45, 7) is 0.711. The Morgan fingerprint density at radius 2 is 2.10 bits per heavy atom. The Kier molecular flexibility index (Phi) is 3.74. The van der Waals surface area contributed by atoms with Gasteiger partial charge < -0.3 is 4.74 Å². The van der Waals surface area contributed by atoms with Gasteiger partial charge in [-0.05, 0) is 18.9 Å². The maximum absolute atomic E-state index is 13.2. The van der Waals surface area contributed by atoms with Crippen LogP contribution in [0.1, 0.15) is 25.7 Å². The first-order valence-corrected chi connectivity index (χ1v) is 8.27. The van der Waals surface area contributed by atoms with Gasteiger partial charge in [-0.2, -0.15) is 4.31 Å². The normalized spacial score (nSPS) is 28.1. The molecule has 2 fully saturated rings. The van der Waals surface area contributed by atoms with E-state index in [2.05, 4.69) is 4.98 Å². The number of fused-ring (bicyclic) bond motifs is 1. The molecule has 1 aliphatic carbocycles. The summed E-state index contributed by atoms with van der Waals surface area (Å²) < 4.78 is 45.7. The van der Waals surface area contributed by atoms with Gasteiger partial charge in [-0.1, -0.05) is 12.8 Å². The van der Waals surface area contributed by atoms with Crippen LogP contribution in [0, 0.1) is 5.82 Å². The van der Waals surface area contributed by atoms with Crippen LogP contribution in [0.2, 0.25) is 0 Å².